The predicted octanol–water partition coefficient (Wildman–Crippen LogP) is 1.33. The maximum absolute atomic E-state index is 12.2. The van der Waals surface area contributed by atoms with Crippen LogP contribution >= 0.6 is 24.0 Å². The number of nitrogens with zero attached hydrogens (tertiary/aromatic N) is 3. The number of aliphatic imine (C=N–C) groups is 1. The second-order valence-electron chi connectivity index (χ2n) is 6.82. The fourth-order valence-corrected chi connectivity index (χ4v) is 4.02. The quantitative estimate of drug-likeness (QED) is 0.175. The largest absolute Gasteiger partial charge is 0.357 e. The number of guanidine groups is 1. The lowest BCUT2D eigenvalue weighted by atomic mass is 10.2. The number of hydrogen-bond acceptors (Lipinski definition) is 5. The van der Waals surface area contributed by atoms with Gasteiger partial charge in [0.25, 0.3) is 0 Å². The molecule has 0 unspecified atom stereocenters. The van der Waals surface area contributed by atoms with Crippen LogP contribution in [0.5, 0.6) is 0 Å². The molecule has 1 aliphatic rings. The van der Waals surface area contributed by atoms with Crippen LogP contribution in [0.4, 0.5) is 0 Å². The number of carbonyl (C=O) groups is 1. The van der Waals surface area contributed by atoms with E-state index in [1.165, 1.54) is 18.5 Å². The van der Waals surface area contributed by atoms with Crippen LogP contribution < -0.4 is 15.4 Å². The van der Waals surface area contributed by atoms with E-state index in [4.69, 9.17) is 0 Å². The maximum Gasteiger partial charge on any atom is 0.242 e. The van der Waals surface area contributed by atoms with Crippen LogP contribution in [-0.4, -0.2) is 69.4 Å². The number of sulfonamides is 1. The van der Waals surface area contributed by atoms with Gasteiger partial charge in [0.15, 0.2) is 5.96 Å². The zero-order valence-electron chi connectivity index (χ0n) is 17.5. The molecule has 0 atom stereocenters. The number of nitrogens with one attached hydrogen (secondary N) is 3. The lowest BCUT2D eigenvalue weighted by Crippen LogP contribution is -2.41. The SMILES string of the molecule is CCNC(=NCCCN1CCCCCC1=O)NCCNS(=O)(=O)c1cccnc1.I. The van der Waals surface area contributed by atoms with Crippen molar-refractivity contribution in [3.8, 4) is 0 Å². The number of aromatic nitrogens is 1. The summed E-state index contributed by atoms with van der Waals surface area (Å²) < 4.78 is 26.9. The molecule has 3 N–H and O–H groups in total. The molecule has 0 aliphatic carbocycles. The first-order valence-electron chi connectivity index (χ1n) is 10.2. The van der Waals surface area contributed by atoms with Crippen molar-refractivity contribution in [3.05, 3.63) is 24.5 Å². The number of likely N-dealkylation sites (tertiary alicyclic amines) is 1. The Morgan fingerprint density at radius 2 is 2.07 bits per heavy atom. The molecule has 0 spiro atoms. The Morgan fingerprint density at radius 3 is 2.80 bits per heavy atom. The van der Waals surface area contributed by atoms with E-state index in [-0.39, 0.29) is 41.3 Å². The minimum Gasteiger partial charge on any atom is -0.357 e. The van der Waals surface area contributed by atoms with Gasteiger partial charge in [0.2, 0.25) is 15.9 Å². The summed E-state index contributed by atoms with van der Waals surface area (Å²) in [6.07, 6.45) is 7.50. The van der Waals surface area contributed by atoms with Crippen molar-refractivity contribution in [2.45, 2.75) is 43.9 Å². The van der Waals surface area contributed by atoms with Crippen LogP contribution in [-0.2, 0) is 14.8 Å². The fraction of sp³-hybridized carbons (Fsp3) is 0.632. The molecule has 0 aromatic carbocycles. The summed E-state index contributed by atoms with van der Waals surface area (Å²) >= 11 is 0. The Labute approximate surface area is 196 Å². The topological polar surface area (TPSA) is 116 Å². The highest BCUT2D eigenvalue weighted by Gasteiger charge is 2.15. The van der Waals surface area contributed by atoms with Gasteiger partial charge in [-0.2, -0.15) is 0 Å². The van der Waals surface area contributed by atoms with Crippen molar-refractivity contribution in [3.63, 3.8) is 0 Å². The highest BCUT2D eigenvalue weighted by Crippen LogP contribution is 2.11. The van der Waals surface area contributed by atoms with Crippen LogP contribution in [0.15, 0.2) is 34.4 Å². The van der Waals surface area contributed by atoms with Crippen molar-refractivity contribution in [2.75, 3.05) is 39.3 Å². The van der Waals surface area contributed by atoms with Crippen LogP contribution in [0.3, 0.4) is 0 Å². The summed E-state index contributed by atoms with van der Waals surface area (Å²) in [4.78, 5) is 22.4. The summed E-state index contributed by atoms with van der Waals surface area (Å²) in [5.74, 6) is 0.882. The number of carbonyl (C=O) groups excluding carboxylic acids is 1. The first-order chi connectivity index (χ1) is 14.0. The molecular weight excluding hydrogens is 519 g/mol. The summed E-state index contributed by atoms with van der Waals surface area (Å²) in [6.45, 7) is 5.47. The highest BCUT2D eigenvalue weighted by molar-refractivity contribution is 14.0. The molecule has 2 heterocycles. The van der Waals surface area contributed by atoms with Crippen LogP contribution in [0, 0.1) is 0 Å². The van der Waals surface area contributed by atoms with E-state index in [0.717, 1.165) is 38.8 Å². The first-order valence-corrected chi connectivity index (χ1v) is 11.7. The second-order valence-corrected chi connectivity index (χ2v) is 8.59. The zero-order valence-corrected chi connectivity index (χ0v) is 20.6. The molecule has 1 fully saturated rings. The van der Waals surface area contributed by atoms with Crippen molar-refractivity contribution in [1.82, 2.24) is 25.2 Å². The van der Waals surface area contributed by atoms with E-state index in [2.05, 4.69) is 25.3 Å². The predicted molar refractivity (Wildman–Crippen MR) is 128 cm³/mol. The van der Waals surface area contributed by atoms with Gasteiger partial charge in [-0.25, -0.2) is 13.1 Å². The van der Waals surface area contributed by atoms with E-state index >= 15 is 0 Å². The van der Waals surface area contributed by atoms with E-state index < -0.39 is 10.0 Å². The number of hydrogen-bond donors (Lipinski definition) is 3. The highest BCUT2D eigenvalue weighted by atomic mass is 127. The van der Waals surface area contributed by atoms with Gasteiger partial charge in [-0.1, -0.05) is 6.42 Å². The standard InChI is InChI=1S/C19H32N6O3S.HI/c1-2-21-19(22-11-7-15-25-14-5-3-4-9-18(25)26)23-12-13-24-29(27,28)17-8-6-10-20-16-17;/h6,8,10,16,24H,2-5,7,9,11-15H2,1H3,(H2,21,22,23);1H. The average molecular weight is 552 g/mol. The van der Waals surface area contributed by atoms with E-state index in [9.17, 15) is 13.2 Å². The smallest absolute Gasteiger partial charge is 0.242 e. The molecule has 9 nitrogen and oxygen atoms in total. The normalized spacial score (nSPS) is 15.3. The molecule has 1 saturated heterocycles. The van der Waals surface area contributed by atoms with Gasteiger partial charge >= 0.3 is 0 Å². The Bertz CT molecular complexity index is 761. The molecule has 0 bridgehead atoms. The molecule has 11 heteroatoms. The number of pyridine rings is 1. The molecular formula is C19H33IN6O3S. The molecule has 30 heavy (non-hydrogen) atoms. The summed E-state index contributed by atoms with van der Waals surface area (Å²) in [6, 6.07) is 3.09. The van der Waals surface area contributed by atoms with Gasteiger partial charge in [-0.15, -0.1) is 24.0 Å². The number of halogens is 1. The van der Waals surface area contributed by atoms with Gasteiger partial charge < -0.3 is 15.5 Å². The van der Waals surface area contributed by atoms with Crippen LogP contribution in [0.25, 0.3) is 0 Å². The van der Waals surface area contributed by atoms with E-state index in [1.54, 1.807) is 6.07 Å². The van der Waals surface area contributed by atoms with E-state index in [1.807, 2.05) is 11.8 Å². The lowest BCUT2D eigenvalue weighted by molar-refractivity contribution is -0.130. The number of amides is 1. The van der Waals surface area contributed by atoms with Gasteiger partial charge in [0.05, 0.1) is 0 Å². The minimum atomic E-state index is -3.56. The van der Waals surface area contributed by atoms with Gasteiger partial charge in [0.1, 0.15) is 4.90 Å². The molecule has 1 aromatic heterocycles. The summed E-state index contributed by atoms with van der Waals surface area (Å²) in [7, 11) is -3.56. The minimum absolute atomic E-state index is 0. The molecule has 1 amide bonds. The summed E-state index contributed by atoms with van der Waals surface area (Å²) in [5, 5.41) is 6.26. The Kier molecular flexibility index (Phi) is 12.9. The Balaban J connectivity index is 0.00000450. The monoisotopic (exact) mass is 552 g/mol. The van der Waals surface area contributed by atoms with Gasteiger partial charge in [-0.3, -0.25) is 14.8 Å². The second kappa shape index (κ2) is 14.5. The van der Waals surface area contributed by atoms with Gasteiger partial charge in [0, 0.05) is 58.1 Å². The summed E-state index contributed by atoms with van der Waals surface area (Å²) in [5.41, 5.74) is 0. The fourth-order valence-electron chi connectivity index (χ4n) is 3.02. The number of rotatable bonds is 10. The Hall–Kier alpha value is -1.47. The van der Waals surface area contributed by atoms with Crippen molar-refractivity contribution < 1.29 is 13.2 Å². The van der Waals surface area contributed by atoms with Crippen molar-refractivity contribution in [1.29, 1.82) is 0 Å². The molecule has 1 aliphatic heterocycles. The van der Waals surface area contributed by atoms with E-state index in [0.29, 0.717) is 32.0 Å². The molecule has 170 valence electrons. The van der Waals surface area contributed by atoms with Crippen LogP contribution in [0.1, 0.15) is 39.0 Å². The lowest BCUT2D eigenvalue weighted by Gasteiger charge is -2.20. The molecule has 2 rings (SSSR count). The third kappa shape index (κ3) is 9.56. The maximum atomic E-state index is 12.2. The average Bonchev–Trinajstić information content (AvgIpc) is 2.93. The molecule has 0 saturated carbocycles. The first kappa shape index (κ1) is 26.6. The van der Waals surface area contributed by atoms with Crippen molar-refractivity contribution >= 4 is 45.9 Å². The van der Waals surface area contributed by atoms with Crippen molar-refractivity contribution in [2.24, 2.45) is 4.99 Å². The molecule has 0 radical (unpaired) electrons. The third-order valence-electron chi connectivity index (χ3n) is 4.53. The van der Waals surface area contributed by atoms with Crippen LogP contribution in [0.2, 0.25) is 0 Å². The third-order valence-corrected chi connectivity index (χ3v) is 5.97. The zero-order chi connectivity index (χ0) is 21.0. The molecule has 1 aromatic rings. The Morgan fingerprint density at radius 1 is 1.23 bits per heavy atom. The van der Waals surface area contributed by atoms with Gasteiger partial charge in [-0.05, 0) is 38.3 Å².